The highest BCUT2D eigenvalue weighted by molar-refractivity contribution is 7.13. The van der Waals surface area contributed by atoms with E-state index in [0.717, 1.165) is 5.69 Å². The normalized spacial score (nSPS) is 10.0. The average molecular weight is 339 g/mol. The Morgan fingerprint density at radius 2 is 2.09 bits per heavy atom. The molecule has 116 valence electrons. The van der Waals surface area contributed by atoms with E-state index < -0.39 is 0 Å². The zero-order valence-corrected chi connectivity index (χ0v) is 13.3. The molecule has 5 nitrogen and oxygen atoms in total. The van der Waals surface area contributed by atoms with Gasteiger partial charge in [0.15, 0.2) is 23.2 Å². The van der Waals surface area contributed by atoms with E-state index in [0.29, 0.717) is 29.1 Å². The quantitative estimate of drug-likeness (QED) is 0.591. The predicted octanol–water partition coefficient (Wildman–Crippen LogP) is 3.46. The maximum absolute atomic E-state index is 11.8. The Balaban J connectivity index is 1.89. The lowest BCUT2D eigenvalue weighted by atomic mass is 10.3. The zero-order chi connectivity index (χ0) is 15.8. The Bertz CT molecular complexity index is 645. The summed E-state index contributed by atoms with van der Waals surface area (Å²) in [7, 11) is 0. The molecule has 1 aromatic carbocycles. The van der Waals surface area contributed by atoms with Gasteiger partial charge in [0.1, 0.15) is 6.61 Å². The Morgan fingerprint density at radius 1 is 1.36 bits per heavy atom. The highest BCUT2D eigenvalue weighted by Crippen LogP contribution is 2.26. The number of para-hydroxylation sites is 2. The van der Waals surface area contributed by atoms with E-state index in [1.54, 1.807) is 23.6 Å². The maximum Gasteiger partial charge on any atom is 0.264 e. The number of rotatable bonds is 8. The third-order valence-electron chi connectivity index (χ3n) is 2.50. The van der Waals surface area contributed by atoms with Crippen LogP contribution in [0.2, 0.25) is 0 Å². The first kappa shape index (κ1) is 16.3. The summed E-state index contributed by atoms with van der Waals surface area (Å²) in [4.78, 5) is 16.0. The summed E-state index contributed by atoms with van der Waals surface area (Å²) in [6, 6.07) is 7.14. The summed E-state index contributed by atoms with van der Waals surface area (Å²) in [6.07, 6.45) is 1.64. The summed E-state index contributed by atoms with van der Waals surface area (Å²) in [6.45, 7) is 3.82. The molecule has 2 aromatic rings. The largest absolute Gasteiger partial charge is 0.486 e. The Hall–Kier alpha value is -2.05. The number of benzene rings is 1. The van der Waals surface area contributed by atoms with Crippen LogP contribution in [-0.4, -0.2) is 24.1 Å². The van der Waals surface area contributed by atoms with Crippen LogP contribution >= 0.6 is 22.9 Å². The molecular weight excluding hydrogens is 324 g/mol. The molecule has 0 saturated heterocycles. The maximum atomic E-state index is 11.8. The molecule has 0 aliphatic rings. The van der Waals surface area contributed by atoms with E-state index >= 15 is 0 Å². The van der Waals surface area contributed by atoms with E-state index in [1.165, 1.54) is 11.3 Å². The van der Waals surface area contributed by atoms with Crippen LogP contribution in [0.3, 0.4) is 0 Å². The topological polar surface area (TPSA) is 60.5 Å². The third kappa shape index (κ3) is 4.75. The van der Waals surface area contributed by atoms with Crippen molar-refractivity contribution < 1.29 is 14.3 Å². The monoisotopic (exact) mass is 338 g/mol. The lowest BCUT2D eigenvalue weighted by Gasteiger charge is -2.11. The zero-order valence-electron chi connectivity index (χ0n) is 11.8. The number of hydrogen-bond donors (Lipinski definition) is 1. The molecule has 0 radical (unpaired) electrons. The van der Waals surface area contributed by atoms with Crippen LogP contribution in [-0.2, 0) is 10.7 Å². The molecule has 1 N–H and O–H groups in total. The number of nitrogens with zero attached hydrogens (tertiary/aromatic N) is 1. The van der Waals surface area contributed by atoms with Gasteiger partial charge in [-0.05, 0) is 12.1 Å². The second-order valence-corrected chi connectivity index (χ2v) is 5.29. The molecule has 0 bridgehead atoms. The lowest BCUT2D eigenvalue weighted by Crippen LogP contribution is -2.20. The SMILES string of the molecule is C=CCOc1ccccc1OCC(=O)Nc1nc(CCl)cs1. The fourth-order valence-corrected chi connectivity index (χ4v) is 2.52. The molecule has 1 aromatic heterocycles. The van der Waals surface area contributed by atoms with Crippen LogP contribution in [0.5, 0.6) is 11.5 Å². The number of anilines is 1. The fourth-order valence-electron chi connectivity index (χ4n) is 1.56. The van der Waals surface area contributed by atoms with Gasteiger partial charge in [-0.15, -0.1) is 22.9 Å². The van der Waals surface area contributed by atoms with Crippen LogP contribution in [0.4, 0.5) is 5.13 Å². The van der Waals surface area contributed by atoms with E-state index in [9.17, 15) is 4.79 Å². The molecule has 2 rings (SSSR count). The van der Waals surface area contributed by atoms with Crippen LogP contribution in [0.1, 0.15) is 5.69 Å². The highest BCUT2D eigenvalue weighted by Gasteiger charge is 2.09. The number of nitrogens with one attached hydrogen (secondary N) is 1. The van der Waals surface area contributed by atoms with Crippen molar-refractivity contribution in [2.24, 2.45) is 0 Å². The smallest absolute Gasteiger partial charge is 0.264 e. The van der Waals surface area contributed by atoms with Crippen LogP contribution in [0.15, 0.2) is 42.3 Å². The number of amides is 1. The van der Waals surface area contributed by atoms with Crippen LogP contribution in [0, 0.1) is 0 Å². The summed E-state index contributed by atoms with van der Waals surface area (Å²) >= 11 is 6.98. The fraction of sp³-hybridized carbons (Fsp3) is 0.200. The number of carbonyl (C=O) groups excluding carboxylic acids is 1. The first-order chi connectivity index (χ1) is 10.7. The number of ether oxygens (including phenoxy) is 2. The van der Waals surface area contributed by atoms with Gasteiger partial charge in [0, 0.05) is 5.38 Å². The van der Waals surface area contributed by atoms with Crippen LogP contribution < -0.4 is 14.8 Å². The first-order valence-electron chi connectivity index (χ1n) is 6.48. The Morgan fingerprint density at radius 3 is 2.73 bits per heavy atom. The second kappa shape index (κ2) is 8.41. The van der Waals surface area contributed by atoms with Crippen LogP contribution in [0.25, 0.3) is 0 Å². The molecule has 0 aliphatic carbocycles. The van der Waals surface area contributed by atoms with Crippen molar-refractivity contribution in [2.75, 3.05) is 18.5 Å². The highest BCUT2D eigenvalue weighted by atomic mass is 35.5. The number of hydrogen-bond acceptors (Lipinski definition) is 5. The lowest BCUT2D eigenvalue weighted by molar-refractivity contribution is -0.118. The number of aromatic nitrogens is 1. The predicted molar refractivity (Wildman–Crippen MR) is 87.9 cm³/mol. The third-order valence-corrected chi connectivity index (χ3v) is 3.58. The number of thiazole rings is 1. The van der Waals surface area contributed by atoms with Gasteiger partial charge < -0.3 is 9.47 Å². The van der Waals surface area contributed by atoms with Gasteiger partial charge in [-0.1, -0.05) is 24.8 Å². The molecule has 7 heteroatoms. The van der Waals surface area contributed by atoms with Gasteiger partial charge in [0.25, 0.3) is 5.91 Å². The molecule has 0 spiro atoms. The molecule has 0 saturated carbocycles. The second-order valence-electron chi connectivity index (χ2n) is 4.16. The van der Waals surface area contributed by atoms with Gasteiger partial charge in [-0.3, -0.25) is 10.1 Å². The molecule has 0 atom stereocenters. The summed E-state index contributed by atoms with van der Waals surface area (Å²) < 4.78 is 10.9. The molecule has 1 amide bonds. The van der Waals surface area contributed by atoms with Crippen molar-refractivity contribution in [3.8, 4) is 11.5 Å². The number of alkyl halides is 1. The molecule has 0 aliphatic heterocycles. The standard InChI is InChI=1S/C15H15ClN2O3S/c1-2-7-20-12-5-3-4-6-13(12)21-9-14(19)18-15-17-11(8-16)10-22-15/h2-6,10H,1,7-9H2,(H,17,18,19). The van der Waals surface area contributed by atoms with Crippen molar-refractivity contribution in [1.29, 1.82) is 0 Å². The minimum absolute atomic E-state index is 0.135. The number of carbonyl (C=O) groups is 1. The van der Waals surface area contributed by atoms with E-state index in [-0.39, 0.29) is 12.5 Å². The van der Waals surface area contributed by atoms with Gasteiger partial charge in [-0.2, -0.15) is 0 Å². The van der Waals surface area contributed by atoms with Crippen molar-refractivity contribution in [1.82, 2.24) is 4.98 Å². The summed E-state index contributed by atoms with van der Waals surface area (Å²) in [5.41, 5.74) is 0.728. The first-order valence-corrected chi connectivity index (χ1v) is 7.90. The van der Waals surface area contributed by atoms with Gasteiger partial charge in [0.05, 0.1) is 11.6 Å². The van der Waals surface area contributed by atoms with E-state index in [4.69, 9.17) is 21.1 Å². The van der Waals surface area contributed by atoms with E-state index in [2.05, 4.69) is 16.9 Å². The van der Waals surface area contributed by atoms with Crippen molar-refractivity contribution in [3.05, 3.63) is 48.0 Å². The van der Waals surface area contributed by atoms with Crippen molar-refractivity contribution >= 4 is 34.0 Å². The number of halogens is 1. The molecule has 1 heterocycles. The van der Waals surface area contributed by atoms with Gasteiger partial charge in [-0.25, -0.2) is 4.98 Å². The van der Waals surface area contributed by atoms with Crippen molar-refractivity contribution in [2.45, 2.75) is 5.88 Å². The molecule has 22 heavy (non-hydrogen) atoms. The van der Waals surface area contributed by atoms with E-state index in [1.807, 2.05) is 12.1 Å². The molecular formula is C15H15ClN2O3S. The minimum atomic E-state index is -0.297. The average Bonchev–Trinajstić information content (AvgIpc) is 2.99. The minimum Gasteiger partial charge on any atom is -0.486 e. The molecule has 0 unspecified atom stereocenters. The summed E-state index contributed by atoms with van der Waals surface area (Å²) in [5, 5.41) is 4.95. The Labute approximate surface area is 137 Å². The van der Waals surface area contributed by atoms with Gasteiger partial charge in [0.2, 0.25) is 0 Å². The van der Waals surface area contributed by atoms with Crippen molar-refractivity contribution in [3.63, 3.8) is 0 Å². The van der Waals surface area contributed by atoms with Gasteiger partial charge >= 0.3 is 0 Å². The molecule has 0 fully saturated rings. The summed E-state index contributed by atoms with van der Waals surface area (Å²) in [5.74, 6) is 1.08. The Kier molecular flexibility index (Phi) is 6.24.